The van der Waals surface area contributed by atoms with Gasteiger partial charge in [0.2, 0.25) is 17.6 Å². The highest BCUT2D eigenvalue weighted by Gasteiger charge is 2.49. The van der Waals surface area contributed by atoms with E-state index in [2.05, 4.69) is 20.6 Å². The van der Waals surface area contributed by atoms with Crippen LogP contribution in [0.3, 0.4) is 0 Å². The number of hydrogen-bond acceptors (Lipinski definition) is 7. The topological polar surface area (TPSA) is 130 Å². The van der Waals surface area contributed by atoms with E-state index in [-0.39, 0.29) is 30.2 Å². The SMILES string of the molecule is Cc1nn(C)c2cc(-c3noc(C4CCN(C(=O)CNC(=O)c5cccc(C#N)c5)CC4(F)F)n3)ccc12. The number of likely N-dealkylation sites (tertiary alicyclic amines) is 1. The molecule has 2 aromatic carbocycles. The number of halogens is 2. The Morgan fingerprint density at radius 3 is 2.84 bits per heavy atom. The fourth-order valence-corrected chi connectivity index (χ4v) is 4.63. The van der Waals surface area contributed by atoms with Crippen molar-refractivity contribution >= 4 is 22.7 Å². The van der Waals surface area contributed by atoms with Gasteiger partial charge in [0.1, 0.15) is 5.92 Å². The number of nitrogens with one attached hydrogen (secondary N) is 1. The Hall–Kier alpha value is -4.66. The van der Waals surface area contributed by atoms with Gasteiger partial charge in [0, 0.05) is 30.1 Å². The number of aryl methyl sites for hydroxylation is 2. The predicted octanol–water partition coefficient (Wildman–Crippen LogP) is 3.18. The molecule has 12 heteroatoms. The van der Waals surface area contributed by atoms with Crippen LogP contribution in [0, 0.1) is 18.3 Å². The summed E-state index contributed by atoms with van der Waals surface area (Å²) in [5.74, 6) is -5.87. The van der Waals surface area contributed by atoms with E-state index < -0.39 is 36.7 Å². The van der Waals surface area contributed by atoms with E-state index in [9.17, 15) is 9.59 Å². The molecule has 1 aliphatic rings. The third-order valence-electron chi connectivity index (χ3n) is 6.64. The van der Waals surface area contributed by atoms with Crippen LogP contribution in [-0.2, 0) is 11.8 Å². The van der Waals surface area contributed by atoms with E-state index in [1.807, 2.05) is 32.2 Å². The van der Waals surface area contributed by atoms with Gasteiger partial charge in [-0.25, -0.2) is 8.78 Å². The standard InChI is InChI=1S/C26H23F2N7O3/c1-15-19-7-6-17(11-21(19)34(2)32-15)23-31-25(38-33-23)20-8-9-35(14-26(20,27)28)22(36)13-30-24(37)18-5-3-4-16(10-18)12-29/h3-7,10-11,20H,8-9,13-14H2,1-2H3,(H,30,37). The molecule has 1 N–H and O–H groups in total. The zero-order valence-electron chi connectivity index (χ0n) is 20.6. The summed E-state index contributed by atoms with van der Waals surface area (Å²) in [6, 6.07) is 13.4. The summed E-state index contributed by atoms with van der Waals surface area (Å²) in [6.07, 6.45) is -0.0848. The minimum Gasteiger partial charge on any atom is -0.343 e. The normalized spacial score (nSPS) is 16.8. The lowest BCUT2D eigenvalue weighted by Gasteiger charge is -2.36. The molecule has 4 aromatic rings. The highest BCUT2D eigenvalue weighted by molar-refractivity contribution is 5.96. The van der Waals surface area contributed by atoms with Crippen LogP contribution in [0.4, 0.5) is 8.78 Å². The summed E-state index contributed by atoms with van der Waals surface area (Å²) in [5.41, 5.74) is 2.83. The molecule has 0 bridgehead atoms. The number of alkyl halides is 2. The van der Waals surface area contributed by atoms with Crippen molar-refractivity contribution in [2.45, 2.75) is 25.2 Å². The number of nitrogens with zero attached hydrogens (tertiary/aromatic N) is 6. The van der Waals surface area contributed by atoms with Crippen molar-refractivity contribution in [3.63, 3.8) is 0 Å². The first kappa shape index (κ1) is 25.0. The summed E-state index contributed by atoms with van der Waals surface area (Å²) >= 11 is 0. The number of carbonyl (C=O) groups is 2. The Bertz CT molecular complexity index is 1590. The van der Waals surface area contributed by atoms with Crippen LogP contribution in [0.1, 0.15) is 39.8 Å². The van der Waals surface area contributed by atoms with Crippen LogP contribution in [0.25, 0.3) is 22.3 Å². The Labute approximate surface area is 215 Å². The number of carbonyl (C=O) groups excluding carboxylic acids is 2. The number of rotatable bonds is 5. The van der Waals surface area contributed by atoms with Crippen LogP contribution in [0.5, 0.6) is 0 Å². The minimum absolute atomic E-state index is 0.0385. The van der Waals surface area contributed by atoms with Crippen molar-refractivity contribution in [3.05, 3.63) is 65.2 Å². The largest absolute Gasteiger partial charge is 0.343 e. The molecule has 0 spiro atoms. The zero-order valence-corrected chi connectivity index (χ0v) is 20.6. The van der Waals surface area contributed by atoms with Gasteiger partial charge in [0.25, 0.3) is 11.8 Å². The molecule has 10 nitrogen and oxygen atoms in total. The van der Waals surface area contributed by atoms with Gasteiger partial charge in [0.15, 0.2) is 0 Å². The molecule has 194 valence electrons. The van der Waals surface area contributed by atoms with Gasteiger partial charge < -0.3 is 14.7 Å². The highest BCUT2D eigenvalue weighted by Crippen LogP contribution is 2.40. The lowest BCUT2D eigenvalue weighted by molar-refractivity contribution is -0.144. The van der Waals surface area contributed by atoms with Crippen LogP contribution < -0.4 is 5.32 Å². The molecule has 1 aliphatic heterocycles. The van der Waals surface area contributed by atoms with Crippen molar-refractivity contribution in [1.29, 1.82) is 5.26 Å². The van der Waals surface area contributed by atoms with Crippen molar-refractivity contribution < 1.29 is 22.9 Å². The smallest absolute Gasteiger partial charge is 0.276 e. The Balaban J connectivity index is 1.24. The summed E-state index contributed by atoms with van der Waals surface area (Å²) in [6.45, 7) is 0.651. The van der Waals surface area contributed by atoms with Crippen molar-refractivity contribution in [3.8, 4) is 17.5 Å². The molecule has 3 heterocycles. The van der Waals surface area contributed by atoms with Crippen molar-refractivity contribution in [1.82, 2.24) is 30.1 Å². The fourth-order valence-electron chi connectivity index (χ4n) is 4.63. The fraction of sp³-hybridized carbons (Fsp3) is 0.308. The third-order valence-corrected chi connectivity index (χ3v) is 6.64. The number of amides is 2. The Morgan fingerprint density at radius 1 is 1.26 bits per heavy atom. The van der Waals surface area contributed by atoms with E-state index in [0.29, 0.717) is 11.1 Å². The number of hydrogen-bond donors (Lipinski definition) is 1. The quantitative estimate of drug-likeness (QED) is 0.429. The average molecular weight is 520 g/mol. The van der Waals surface area contributed by atoms with Gasteiger partial charge in [-0.15, -0.1) is 0 Å². The van der Waals surface area contributed by atoms with Crippen LogP contribution in [0.15, 0.2) is 47.0 Å². The summed E-state index contributed by atoms with van der Waals surface area (Å²) < 4.78 is 37.2. The molecule has 1 saturated heterocycles. The molecule has 1 atom stereocenters. The van der Waals surface area contributed by atoms with Crippen molar-refractivity contribution in [2.75, 3.05) is 19.6 Å². The number of nitriles is 1. The summed E-state index contributed by atoms with van der Waals surface area (Å²) in [5, 5.41) is 20.6. The minimum atomic E-state index is -3.31. The first-order valence-corrected chi connectivity index (χ1v) is 11.9. The van der Waals surface area contributed by atoms with E-state index >= 15 is 8.78 Å². The molecule has 2 aromatic heterocycles. The zero-order chi connectivity index (χ0) is 27.0. The van der Waals surface area contributed by atoms with Gasteiger partial charge in [-0.2, -0.15) is 15.3 Å². The van der Waals surface area contributed by atoms with Crippen LogP contribution in [0.2, 0.25) is 0 Å². The van der Waals surface area contributed by atoms with E-state index in [1.165, 1.54) is 12.1 Å². The Kier molecular flexibility index (Phi) is 6.36. The lowest BCUT2D eigenvalue weighted by atomic mass is 9.92. The van der Waals surface area contributed by atoms with Gasteiger partial charge in [-0.3, -0.25) is 14.3 Å². The molecule has 0 saturated carbocycles. The van der Waals surface area contributed by atoms with Crippen LogP contribution >= 0.6 is 0 Å². The van der Waals surface area contributed by atoms with E-state index in [1.54, 1.807) is 22.9 Å². The number of fused-ring (bicyclic) bond motifs is 1. The van der Waals surface area contributed by atoms with Crippen LogP contribution in [-0.4, -0.2) is 62.2 Å². The molecule has 0 radical (unpaired) electrons. The maximum Gasteiger partial charge on any atom is 0.276 e. The molecule has 1 unspecified atom stereocenters. The second kappa shape index (κ2) is 9.66. The monoisotopic (exact) mass is 519 g/mol. The molecular formula is C26H23F2N7O3. The molecule has 5 rings (SSSR count). The average Bonchev–Trinajstić information content (AvgIpc) is 3.50. The highest BCUT2D eigenvalue weighted by atomic mass is 19.3. The molecular weight excluding hydrogens is 496 g/mol. The molecule has 2 amide bonds. The molecule has 0 aliphatic carbocycles. The second-order valence-corrected chi connectivity index (χ2v) is 9.19. The first-order chi connectivity index (χ1) is 18.2. The van der Waals surface area contributed by atoms with E-state index in [0.717, 1.165) is 21.5 Å². The number of benzene rings is 2. The number of aromatic nitrogens is 4. The third kappa shape index (κ3) is 4.70. The first-order valence-electron chi connectivity index (χ1n) is 11.9. The summed E-state index contributed by atoms with van der Waals surface area (Å²) in [7, 11) is 1.81. The molecule has 1 fully saturated rings. The van der Waals surface area contributed by atoms with E-state index in [4.69, 9.17) is 9.78 Å². The summed E-state index contributed by atoms with van der Waals surface area (Å²) in [4.78, 5) is 30.1. The number of piperidine rings is 1. The lowest BCUT2D eigenvalue weighted by Crippen LogP contribution is -2.52. The van der Waals surface area contributed by atoms with Gasteiger partial charge >= 0.3 is 0 Å². The maximum absolute atomic E-state index is 15.1. The van der Waals surface area contributed by atoms with Gasteiger partial charge in [0.05, 0.1) is 35.9 Å². The maximum atomic E-state index is 15.1. The Morgan fingerprint density at radius 2 is 2.08 bits per heavy atom. The van der Waals surface area contributed by atoms with Gasteiger partial charge in [-0.05, 0) is 37.6 Å². The second-order valence-electron chi connectivity index (χ2n) is 9.19. The van der Waals surface area contributed by atoms with Gasteiger partial charge in [-0.1, -0.05) is 23.4 Å². The molecule has 38 heavy (non-hydrogen) atoms. The van der Waals surface area contributed by atoms with Crippen molar-refractivity contribution in [2.24, 2.45) is 7.05 Å². The predicted molar refractivity (Wildman–Crippen MR) is 131 cm³/mol.